The molecule has 2 aliphatic rings. The van der Waals surface area contributed by atoms with Crippen LogP contribution in [-0.4, -0.2) is 35.6 Å². The summed E-state index contributed by atoms with van der Waals surface area (Å²) in [6.07, 6.45) is 11.1. The number of fused-ring (bicyclic) bond motifs is 1. The number of hydrogen-bond donors (Lipinski definition) is 0. The second kappa shape index (κ2) is 7.06. The van der Waals surface area contributed by atoms with Crippen molar-refractivity contribution in [3.8, 4) is 5.69 Å². The standard InChI is InChI=1S/C20H22ClN3O/c1-15-14-23(12-13-25-15)20-18-6-4-2-3-5-7-19(18)24(22-20)17-10-8-16(21)9-11-17/h2,4,6-11,15H,3,5,12-14H2,1H3/b4-2+,18-6+,19-7-. The average molecular weight is 356 g/mol. The summed E-state index contributed by atoms with van der Waals surface area (Å²) < 4.78 is 7.74. The molecule has 0 amide bonds. The molecule has 0 radical (unpaired) electrons. The highest BCUT2D eigenvalue weighted by molar-refractivity contribution is 6.30. The van der Waals surface area contributed by atoms with Crippen LogP contribution >= 0.6 is 11.6 Å². The molecule has 1 fully saturated rings. The molecule has 1 aliphatic heterocycles. The summed E-state index contributed by atoms with van der Waals surface area (Å²) in [5.41, 5.74) is 1.03. The number of halogens is 1. The lowest BCUT2D eigenvalue weighted by molar-refractivity contribution is 0.0528. The lowest BCUT2D eigenvalue weighted by Gasteiger charge is -2.31. The molecule has 4 nitrogen and oxygen atoms in total. The van der Waals surface area contributed by atoms with Gasteiger partial charge >= 0.3 is 0 Å². The van der Waals surface area contributed by atoms with Crippen molar-refractivity contribution >= 4 is 29.6 Å². The van der Waals surface area contributed by atoms with Crippen molar-refractivity contribution < 1.29 is 4.74 Å². The highest BCUT2D eigenvalue weighted by Gasteiger charge is 2.21. The number of nitrogens with zero attached hydrogens (tertiary/aromatic N) is 3. The summed E-state index contributed by atoms with van der Waals surface area (Å²) in [5, 5.41) is 8.05. The van der Waals surface area contributed by atoms with E-state index in [0.29, 0.717) is 0 Å². The Balaban J connectivity index is 1.89. The summed E-state index contributed by atoms with van der Waals surface area (Å²) >= 11 is 6.06. The molecule has 0 bridgehead atoms. The van der Waals surface area contributed by atoms with Crippen LogP contribution in [0.2, 0.25) is 5.02 Å². The molecule has 0 saturated carbocycles. The third-order valence-corrected chi connectivity index (χ3v) is 4.87. The van der Waals surface area contributed by atoms with E-state index in [9.17, 15) is 0 Å². The molecule has 130 valence electrons. The molecule has 0 spiro atoms. The Hall–Kier alpha value is -2.04. The van der Waals surface area contributed by atoms with Crippen molar-refractivity contribution in [1.82, 2.24) is 9.78 Å². The molecule has 1 aliphatic carbocycles. The van der Waals surface area contributed by atoms with Gasteiger partial charge in [0.2, 0.25) is 0 Å². The fourth-order valence-electron chi connectivity index (χ4n) is 3.39. The Bertz CT molecular complexity index is 898. The third-order valence-electron chi connectivity index (χ3n) is 4.62. The van der Waals surface area contributed by atoms with E-state index < -0.39 is 0 Å². The number of allylic oxidation sites excluding steroid dienone is 2. The van der Waals surface area contributed by atoms with Crippen molar-refractivity contribution in [3.63, 3.8) is 0 Å². The SMILES string of the molecule is CC1CN(c2nn(-c3ccc(Cl)cc3)c3/c2=C\C=C\CC/C=3)CCO1. The van der Waals surface area contributed by atoms with E-state index in [0.717, 1.165) is 54.4 Å². The second-order valence-corrected chi connectivity index (χ2v) is 6.95. The molecule has 1 atom stereocenters. The van der Waals surface area contributed by atoms with Gasteiger partial charge in [-0.2, -0.15) is 0 Å². The summed E-state index contributed by atoms with van der Waals surface area (Å²) in [6.45, 7) is 4.58. The van der Waals surface area contributed by atoms with Crippen molar-refractivity contribution in [3.05, 3.63) is 52.0 Å². The third kappa shape index (κ3) is 3.37. The van der Waals surface area contributed by atoms with Crippen LogP contribution < -0.4 is 15.5 Å². The number of rotatable bonds is 2. The van der Waals surface area contributed by atoms with Crippen LogP contribution in [0.3, 0.4) is 0 Å². The van der Waals surface area contributed by atoms with Gasteiger partial charge in [-0.15, -0.1) is 5.10 Å². The molecule has 1 aromatic heterocycles. The van der Waals surface area contributed by atoms with Gasteiger partial charge in [-0.1, -0.05) is 29.8 Å². The van der Waals surface area contributed by atoms with E-state index in [1.807, 2.05) is 28.9 Å². The van der Waals surface area contributed by atoms with E-state index in [4.69, 9.17) is 21.4 Å². The molecule has 1 aromatic carbocycles. The van der Waals surface area contributed by atoms with E-state index in [1.165, 1.54) is 5.22 Å². The summed E-state index contributed by atoms with van der Waals surface area (Å²) in [5.74, 6) is 1.03. The molecule has 4 rings (SSSR count). The van der Waals surface area contributed by atoms with Gasteiger partial charge in [-0.05, 0) is 50.1 Å². The van der Waals surface area contributed by atoms with Crippen LogP contribution in [0.25, 0.3) is 17.8 Å². The molecule has 0 N–H and O–H groups in total. The van der Waals surface area contributed by atoms with E-state index in [2.05, 4.69) is 36.1 Å². The van der Waals surface area contributed by atoms with Gasteiger partial charge < -0.3 is 9.64 Å². The van der Waals surface area contributed by atoms with Crippen molar-refractivity contribution in [2.75, 3.05) is 24.6 Å². The Morgan fingerprint density at radius 3 is 2.84 bits per heavy atom. The first-order chi connectivity index (χ1) is 12.2. The first-order valence-electron chi connectivity index (χ1n) is 8.81. The smallest absolute Gasteiger partial charge is 0.159 e. The molecule has 5 heteroatoms. The second-order valence-electron chi connectivity index (χ2n) is 6.51. The lowest BCUT2D eigenvalue weighted by atomic mass is 10.2. The van der Waals surface area contributed by atoms with Crippen molar-refractivity contribution in [2.24, 2.45) is 0 Å². The molecule has 1 saturated heterocycles. The monoisotopic (exact) mass is 355 g/mol. The Labute approximate surface area is 152 Å². The maximum absolute atomic E-state index is 6.06. The van der Waals surface area contributed by atoms with Crippen LogP contribution in [0.1, 0.15) is 19.8 Å². The molecule has 2 aromatic rings. The minimum absolute atomic E-state index is 0.221. The van der Waals surface area contributed by atoms with Crippen molar-refractivity contribution in [1.29, 1.82) is 0 Å². The first-order valence-corrected chi connectivity index (χ1v) is 9.19. The fourth-order valence-corrected chi connectivity index (χ4v) is 3.51. The number of ether oxygens (including phenoxy) is 1. The van der Waals surface area contributed by atoms with Crippen LogP contribution in [-0.2, 0) is 4.74 Å². The highest BCUT2D eigenvalue weighted by Crippen LogP contribution is 2.15. The Morgan fingerprint density at radius 1 is 1.20 bits per heavy atom. The lowest BCUT2D eigenvalue weighted by Crippen LogP contribution is -2.44. The molecule has 1 unspecified atom stereocenters. The number of hydrogen-bond acceptors (Lipinski definition) is 3. The topological polar surface area (TPSA) is 30.3 Å². The van der Waals surface area contributed by atoms with Gasteiger partial charge in [0.25, 0.3) is 0 Å². The van der Waals surface area contributed by atoms with E-state index in [1.54, 1.807) is 0 Å². The zero-order valence-electron chi connectivity index (χ0n) is 14.4. The maximum atomic E-state index is 6.06. The van der Waals surface area contributed by atoms with Crippen molar-refractivity contribution in [2.45, 2.75) is 25.9 Å². The summed E-state index contributed by atoms with van der Waals surface area (Å²) in [6, 6.07) is 7.86. The first kappa shape index (κ1) is 16.4. The van der Waals surface area contributed by atoms with Gasteiger partial charge in [0.05, 0.1) is 23.7 Å². The maximum Gasteiger partial charge on any atom is 0.159 e. The average Bonchev–Trinajstić information content (AvgIpc) is 2.93. The number of aromatic nitrogens is 2. The molecular formula is C20H22ClN3O. The summed E-state index contributed by atoms with van der Waals surface area (Å²) in [4.78, 5) is 2.33. The van der Waals surface area contributed by atoms with Gasteiger partial charge in [0.15, 0.2) is 5.82 Å². The van der Waals surface area contributed by atoms with Gasteiger partial charge in [0.1, 0.15) is 0 Å². The Morgan fingerprint density at radius 2 is 2.04 bits per heavy atom. The Kier molecular flexibility index (Phi) is 4.64. The van der Waals surface area contributed by atoms with Crippen LogP contribution in [0.5, 0.6) is 0 Å². The predicted octanol–water partition coefficient (Wildman–Crippen LogP) is 2.66. The summed E-state index contributed by atoms with van der Waals surface area (Å²) in [7, 11) is 0. The number of morpholine rings is 1. The van der Waals surface area contributed by atoms with Gasteiger partial charge in [0, 0.05) is 23.3 Å². The van der Waals surface area contributed by atoms with Crippen LogP contribution in [0.4, 0.5) is 5.82 Å². The fraction of sp³-hybridized carbons (Fsp3) is 0.350. The van der Waals surface area contributed by atoms with Gasteiger partial charge in [-0.25, -0.2) is 4.68 Å². The number of benzene rings is 1. The van der Waals surface area contributed by atoms with Crippen LogP contribution in [0, 0.1) is 0 Å². The van der Waals surface area contributed by atoms with E-state index >= 15 is 0 Å². The molecular weight excluding hydrogens is 334 g/mol. The predicted molar refractivity (Wildman–Crippen MR) is 103 cm³/mol. The quantitative estimate of drug-likeness (QED) is 0.829. The highest BCUT2D eigenvalue weighted by atomic mass is 35.5. The largest absolute Gasteiger partial charge is 0.375 e. The van der Waals surface area contributed by atoms with Gasteiger partial charge in [-0.3, -0.25) is 0 Å². The number of anilines is 1. The molecule has 25 heavy (non-hydrogen) atoms. The minimum atomic E-state index is 0.221. The normalized spacial score (nSPS) is 24.2. The minimum Gasteiger partial charge on any atom is -0.375 e. The zero-order valence-corrected chi connectivity index (χ0v) is 15.1. The zero-order chi connectivity index (χ0) is 17.2. The molecule has 2 heterocycles. The van der Waals surface area contributed by atoms with E-state index in [-0.39, 0.29) is 6.10 Å². The van der Waals surface area contributed by atoms with Crippen LogP contribution in [0.15, 0.2) is 36.4 Å².